The van der Waals surface area contributed by atoms with E-state index in [4.69, 9.17) is 13.9 Å². The predicted octanol–water partition coefficient (Wildman–Crippen LogP) is 3.95. The van der Waals surface area contributed by atoms with Crippen LogP contribution in [-0.4, -0.2) is 44.4 Å². The van der Waals surface area contributed by atoms with Crippen LogP contribution in [0.4, 0.5) is 0 Å². The molecule has 2 heterocycles. The smallest absolute Gasteiger partial charge is 0.226 e. The molecule has 0 saturated heterocycles. The van der Waals surface area contributed by atoms with E-state index in [1.165, 1.54) is 5.56 Å². The molecule has 0 unspecified atom stereocenters. The number of ether oxygens (including phenoxy) is 2. The van der Waals surface area contributed by atoms with Crippen LogP contribution in [0.5, 0.6) is 0 Å². The minimum Gasteiger partial charge on any atom is -0.441 e. The fraction of sp³-hybridized carbons (Fsp3) is 0.545. The Kier molecular flexibility index (Phi) is 6.86. The van der Waals surface area contributed by atoms with Crippen LogP contribution in [0, 0.1) is 13.8 Å². The van der Waals surface area contributed by atoms with Gasteiger partial charge in [-0.15, -0.1) is 10.2 Å². The average Bonchev–Trinajstić information content (AvgIpc) is 3.40. The summed E-state index contributed by atoms with van der Waals surface area (Å²) in [5.41, 5.74) is 3.05. The van der Waals surface area contributed by atoms with Gasteiger partial charge in [-0.2, -0.15) is 5.21 Å². The summed E-state index contributed by atoms with van der Waals surface area (Å²) in [7, 11) is 0. The lowest BCUT2D eigenvalue weighted by molar-refractivity contribution is -0.0514. The van der Waals surface area contributed by atoms with Crippen LogP contribution in [0.2, 0.25) is 0 Å². The number of nitrogens with one attached hydrogen (secondary N) is 1. The summed E-state index contributed by atoms with van der Waals surface area (Å²) in [6.45, 7) is 5.18. The minimum atomic E-state index is 0.194. The van der Waals surface area contributed by atoms with Crippen LogP contribution >= 0.6 is 0 Å². The summed E-state index contributed by atoms with van der Waals surface area (Å²) in [6, 6.07) is 8.18. The second-order valence-corrected chi connectivity index (χ2v) is 7.92. The highest BCUT2D eigenvalue weighted by Gasteiger charge is 2.24. The Labute approximate surface area is 176 Å². The molecule has 3 aromatic rings. The maximum atomic E-state index is 6.18. The summed E-state index contributed by atoms with van der Waals surface area (Å²) < 4.78 is 18.1. The minimum absolute atomic E-state index is 0.194. The molecule has 1 N–H and O–H groups in total. The molecule has 160 valence electrons. The van der Waals surface area contributed by atoms with Crippen LogP contribution in [0.25, 0.3) is 11.5 Å². The lowest BCUT2D eigenvalue weighted by Crippen LogP contribution is -2.28. The molecule has 1 saturated carbocycles. The van der Waals surface area contributed by atoms with Crippen LogP contribution in [-0.2, 0) is 22.5 Å². The molecular formula is C22H29N5O3. The van der Waals surface area contributed by atoms with Gasteiger partial charge in [-0.1, -0.05) is 22.9 Å². The van der Waals surface area contributed by atoms with Gasteiger partial charge < -0.3 is 13.9 Å². The van der Waals surface area contributed by atoms with Gasteiger partial charge in [0.1, 0.15) is 11.5 Å². The van der Waals surface area contributed by atoms with Gasteiger partial charge in [0, 0.05) is 18.6 Å². The average molecular weight is 412 g/mol. The van der Waals surface area contributed by atoms with Gasteiger partial charge in [0.25, 0.3) is 0 Å². The number of aromatic amines is 1. The van der Waals surface area contributed by atoms with Crippen molar-refractivity contribution in [3.05, 3.63) is 47.1 Å². The largest absolute Gasteiger partial charge is 0.441 e. The van der Waals surface area contributed by atoms with Crippen LogP contribution in [0.1, 0.15) is 54.9 Å². The van der Waals surface area contributed by atoms with E-state index in [0.29, 0.717) is 19.1 Å². The number of aromatic nitrogens is 5. The molecule has 30 heavy (non-hydrogen) atoms. The highest BCUT2D eigenvalue weighted by molar-refractivity contribution is 5.54. The number of hydrogen-bond donors (Lipinski definition) is 1. The predicted molar refractivity (Wildman–Crippen MR) is 111 cm³/mol. The van der Waals surface area contributed by atoms with Crippen LogP contribution in [0.15, 0.2) is 28.7 Å². The number of H-pyrrole nitrogens is 1. The van der Waals surface area contributed by atoms with Crippen molar-refractivity contribution in [1.29, 1.82) is 0 Å². The molecule has 1 aliphatic carbocycles. The van der Waals surface area contributed by atoms with Gasteiger partial charge in [-0.25, -0.2) is 4.98 Å². The van der Waals surface area contributed by atoms with Gasteiger partial charge >= 0.3 is 0 Å². The van der Waals surface area contributed by atoms with Crippen molar-refractivity contribution in [3.63, 3.8) is 0 Å². The zero-order chi connectivity index (χ0) is 20.8. The Morgan fingerprint density at radius 2 is 2.03 bits per heavy atom. The summed E-state index contributed by atoms with van der Waals surface area (Å²) in [5, 5.41) is 14.0. The van der Waals surface area contributed by atoms with E-state index in [9.17, 15) is 0 Å². The maximum absolute atomic E-state index is 6.18. The number of nitrogens with zero attached hydrogens (tertiary/aromatic N) is 4. The number of rotatable bonds is 9. The molecular weight excluding hydrogens is 382 g/mol. The third-order valence-corrected chi connectivity index (χ3v) is 5.48. The summed E-state index contributed by atoms with van der Waals surface area (Å²) in [6.07, 6.45) is 6.29. The van der Waals surface area contributed by atoms with Gasteiger partial charge in [0.15, 0.2) is 5.82 Å². The van der Waals surface area contributed by atoms with E-state index >= 15 is 0 Å². The summed E-state index contributed by atoms with van der Waals surface area (Å²) >= 11 is 0. The Morgan fingerprint density at radius 3 is 2.83 bits per heavy atom. The molecule has 2 aromatic heterocycles. The first kappa shape index (κ1) is 20.7. The zero-order valence-electron chi connectivity index (χ0n) is 17.6. The van der Waals surface area contributed by atoms with E-state index in [0.717, 1.165) is 61.4 Å². The molecule has 1 aliphatic rings. The SMILES string of the molecule is Cc1cccc(-c2nc(CO[C@H]3CCC[C@@H](OCCCc4nn[nH]n4)C3)c(C)o2)c1. The molecule has 0 bridgehead atoms. The van der Waals surface area contributed by atoms with Crippen molar-refractivity contribution in [3.8, 4) is 11.5 Å². The lowest BCUT2D eigenvalue weighted by Gasteiger charge is -2.29. The Balaban J connectivity index is 1.23. The normalized spacial score (nSPS) is 19.3. The Hall–Kier alpha value is -2.58. The number of oxazole rings is 1. The molecule has 0 radical (unpaired) electrons. The van der Waals surface area contributed by atoms with Crippen molar-refractivity contribution < 1.29 is 13.9 Å². The second kappa shape index (κ2) is 9.95. The maximum Gasteiger partial charge on any atom is 0.226 e. The molecule has 0 amide bonds. The molecule has 4 rings (SSSR count). The topological polar surface area (TPSA) is 99.0 Å². The Morgan fingerprint density at radius 1 is 1.17 bits per heavy atom. The van der Waals surface area contributed by atoms with Crippen LogP contribution < -0.4 is 0 Å². The van der Waals surface area contributed by atoms with Gasteiger partial charge in [-0.3, -0.25) is 0 Å². The molecule has 8 nitrogen and oxygen atoms in total. The first-order chi connectivity index (χ1) is 14.7. The van der Waals surface area contributed by atoms with E-state index < -0.39 is 0 Å². The van der Waals surface area contributed by atoms with E-state index in [-0.39, 0.29) is 12.2 Å². The number of hydrogen-bond acceptors (Lipinski definition) is 7. The van der Waals surface area contributed by atoms with Crippen molar-refractivity contribution in [2.45, 2.75) is 71.2 Å². The highest BCUT2D eigenvalue weighted by Crippen LogP contribution is 2.27. The fourth-order valence-electron chi connectivity index (χ4n) is 3.83. The molecule has 8 heteroatoms. The van der Waals surface area contributed by atoms with Crippen molar-refractivity contribution in [2.24, 2.45) is 0 Å². The van der Waals surface area contributed by atoms with Crippen molar-refractivity contribution in [1.82, 2.24) is 25.6 Å². The van der Waals surface area contributed by atoms with Crippen molar-refractivity contribution in [2.75, 3.05) is 6.61 Å². The first-order valence-corrected chi connectivity index (χ1v) is 10.7. The highest BCUT2D eigenvalue weighted by atomic mass is 16.5. The quantitative estimate of drug-likeness (QED) is 0.532. The summed E-state index contributed by atoms with van der Waals surface area (Å²) in [5.74, 6) is 2.20. The monoisotopic (exact) mass is 411 g/mol. The molecule has 2 atom stereocenters. The summed E-state index contributed by atoms with van der Waals surface area (Å²) in [4.78, 5) is 4.67. The number of tetrazole rings is 1. The fourth-order valence-corrected chi connectivity index (χ4v) is 3.83. The molecule has 0 spiro atoms. The van der Waals surface area contributed by atoms with Gasteiger partial charge in [0.05, 0.1) is 18.8 Å². The molecule has 0 aliphatic heterocycles. The van der Waals surface area contributed by atoms with E-state index in [2.05, 4.69) is 44.7 Å². The number of benzene rings is 1. The molecule has 1 fully saturated rings. The lowest BCUT2D eigenvalue weighted by atomic mass is 9.95. The Bertz CT molecular complexity index is 925. The van der Waals surface area contributed by atoms with E-state index in [1.54, 1.807) is 0 Å². The van der Waals surface area contributed by atoms with Gasteiger partial charge in [0.2, 0.25) is 5.89 Å². The van der Waals surface area contributed by atoms with Gasteiger partial charge in [-0.05, 0) is 58.1 Å². The van der Waals surface area contributed by atoms with E-state index in [1.807, 2.05) is 19.1 Å². The second-order valence-electron chi connectivity index (χ2n) is 7.92. The third-order valence-electron chi connectivity index (χ3n) is 5.48. The van der Waals surface area contributed by atoms with Crippen molar-refractivity contribution >= 4 is 0 Å². The zero-order valence-corrected chi connectivity index (χ0v) is 17.6. The van der Waals surface area contributed by atoms with Crippen LogP contribution in [0.3, 0.4) is 0 Å². The third kappa shape index (κ3) is 5.52. The first-order valence-electron chi connectivity index (χ1n) is 10.7. The standard InChI is InChI=1S/C22H29N5O3/c1-15-6-3-7-17(12-15)22-23-20(16(2)30-22)14-29-19-9-4-8-18(13-19)28-11-5-10-21-24-26-27-25-21/h3,6-7,12,18-19H,4-5,8-11,13-14H2,1-2H3,(H,24,25,26,27)/t18-,19+/m1/s1. The molecule has 1 aromatic carbocycles. The number of aryl methyl sites for hydroxylation is 3.